The van der Waals surface area contributed by atoms with Crippen LogP contribution in [0.15, 0.2) is 114 Å². The Bertz CT molecular complexity index is 3190. The molecule has 1 heterocycles. The molecule has 0 unspecified atom stereocenters. The van der Waals surface area contributed by atoms with E-state index in [4.69, 9.17) is 18.9 Å². The van der Waals surface area contributed by atoms with Gasteiger partial charge in [0.1, 0.15) is 29.0 Å². The molecule has 9 N–H and O–H groups in total. The monoisotopic (exact) mass is 1290 g/mol. The van der Waals surface area contributed by atoms with Crippen molar-refractivity contribution in [2.24, 2.45) is 4.99 Å². The molecule has 10 amide bonds. The third kappa shape index (κ3) is 29.2. The van der Waals surface area contributed by atoms with Crippen LogP contribution in [-0.2, 0) is 60.6 Å². The average Bonchev–Trinajstić information content (AvgIpc) is 2.13. The van der Waals surface area contributed by atoms with E-state index in [9.17, 15) is 47.9 Å². The van der Waals surface area contributed by atoms with E-state index in [0.29, 0.717) is 43.7 Å². The highest BCUT2D eigenvalue weighted by molar-refractivity contribution is 6.03. The summed E-state index contributed by atoms with van der Waals surface area (Å²) in [6, 6.07) is 29.3. The van der Waals surface area contributed by atoms with Crippen molar-refractivity contribution in [2.75, 3.05) is 44.7 Å². The summed E-state index contributed by atoms with van der Waals surface area (Å²) in [5.74, 6) is -3.43. The summed E-state index contributed by atoms with van der Waals surface area (Å²) in [6.45, 7) is 19.4. The molecule has 1 aliphatic rings. The quantitative estimate of drug-likeness (QED) is 0.0147. The summed E-state index contributed by atoms with van der Waals surface area (Å²) in [6.07, 6.45) is 1.89. The van der Waals surface area contributed by atoms with E-state index in [1.165, 1.54) is 24.3 Å². The molecule has 0 bridgehead atoms. The fourth-order valence-corrected chi connectivity index (χ4v) is 9.44. The Hall–Kier alpha value is -9.39. The van der Waals surface area contributed by atoms with Crippen LogP contribution in [0.4, 0.5) is 21.0 Å². The van der Waals surface area contributed by atoms with E-state index >= 15 is 0 Å². The predicted molar refractivity (Wildman–Crippen MR) is 351 cm³/mol. The van der Waals surface area contributed by atoms with Gasteiger partial charge in [0.05, 0.1) is 37.5 Å². The number of nitrogens with zero attached hydrogens (tertiary/aromatic N) is 2. The van der Waals surface area contributed by atoms with Crippen LogP contribution in [0.2, 0.25) is 0 Å². The largest absolute Gasteiger partial charge is 0.494 e. The number of guanidine groups is 1. The van der Waals surface area contributed by atoms with Crippen molar-refractivity contribution in [2.45, 2.75) is 174 Å². The van der Waals surface area contributed by atoms with Crippen molar-refractivity contribution < 1.29 is 66.9 Å². The van der Waals surface area contributed by atoms with Crippen molar-refractivity contribution in [3.05, 3.63) is 126 Å². The molecule has 0 aliphatic carbocycles. The van der Waals surface area contributed by atoms with E-state index in [1.54, 1.807) is 70.7 Å². The zero-order chi connectivity index (χ0) is 68.4. The molecule has 93 heavy (non-hydrogen) atoms. The highest BCUT2D eigenvalue weighted by Gasteiger charge is 2.33. The molecule has 4 aromatic rings. The molecule has 25 heteroatoms. The number of benzene rings is 4. The first-order valence-electron chi connectivity index (χ1n) is 31.3. The van der Waals surface area contributed by atoms with E-state index in [0.717, 1.165) is 24.0 Å². The maximum Gasteiger partial charge on any atom is 0.414 e. The predicted octanol–water partition coefficient (Wildman–Crippen LogP) is 6.81. The number of ether oxygens (including phenoxy) is 4. The zero-order valence-electron chi connectivity index (χ0n) is 55.3. The van der Waals surface area contributed by atoms with Gasteiger partial charge in [-0.25, -0.2) is 14.6 Å². The number of rotatable bonds is 30. The second-order valence-corrected chi connectivity index (χ2v) is 25.9. The molecule has 4 aromatic carbocycles. The fourth-order valence-electron chi connectivity index (χ4n) is 9.44. The molecule has 1 aliphatic heterocycles. The van der Waals surface area contributed by atoms with Gasteiger partial charge < -0.3 is 61.1 Å². The van der Waals surface area contributed by atoms with Crippen LogP contribution in [0.5, 0.6) is 5.75 Å². The Balaban J connectivity index is 0.972. The van der Waals surface area contributed by atoms with Crippen molar-refractivity contribution in [1.29, 1.82) is 0 Å². The van der Waals surface area contributed by atoms with Crippen LogP contribution in [0.1, 0.15) is 143 Å². The number of nitrogens with one attached hydrogen (secondary N) is 9. The highest BCUT2D eigenvalue weighted by Crippen LogP contribution is 2.22. The molecule has 0 aromatic heterocycles. The molecule has 1 fully saturated rings. The van der Waals surface area contributed by atoms with Crippen molar-refractivity contribution in [3.8, 4) is 5.75 Å². The van der Waals surface area contributed by atoms with E-state index in [1.807, 2.05) is 95.3 Å². The standard InChI is InChI=1S/C68H93N11O14/c1-45-21-19-36-79(45)61(87)53(40-47-24-16-13-17-25-47)75-58(84)44-71-60(86)52(39-46-22-14-12-15-23-46)74-54(80)33-34-68(10,11)91-38-35-67(8,9)78-55(81)28-20-37-90-51-31-29-49(30-32-51)72-57(83)43-69-56(82)42-70-59(85)48-26-18-27-50(41-48)73-62(76-63(88)92-65(2,3)4)77-64(89)93-66(5,6)7/h12-18,22-27,29-32,41,45,52-53H,19-21,28,33-40,42-44H2,1-11H3,(H,69,82)(H,70,85)(H,71,86)(H,72,83)(H,74,80)(H,75,84)(H,78,81)(H2,73,76,77,88,89)/t45-,52+,53+/m1/s1. The minimum absolute atomic E-state index is 0.0441. The number of aliphatic imine (C=N–C) groups is 1. The Morgan fingerprint density at radius 1 is 0.591 bits per heavy atom. The number of anilines is 1. The van der Waals surface area contributed by atoms with Gasteiger partial charge in [-0.1, -0.05) is 66.7 Å². The topological polar surface area (TPSA) is 331 Å². The normalized spacial score (nSPS) is 13.8. The number of likely N-dealkylation sites (tertiary alicyclic amines) is 1. The summed E-state index contributed by atoms with van der Waals surface area (Å²) in [5.41, 5.74) is -0.693. The summed E-state index contributed by atoms with van der Waals surface area (Å²) in [7, 11) is 0. The Labute approximate surface area is 544 Å². The number of alkyl carbamates (subject to hydrolysis) is 2. The smallest absolute Gasteiger partial charge is 0.414 e. The maximum atomic E-state index is 13.7. The lowest BCUT2D eigenvalue weighted by Gasteiger charge is -2.30. The first-order chi connectivity index (χ1) is 43.8. The van der Waals surface area contributed by atoms with Gasteiger partial charge in [0, 0.05) is 61.7 Å². The lowest BCUT2D eigenvalue weighted by molar-refractivity contribution is -0.137. The molecule has 3 atom stereocenters. The number of hydrogen-bond donors (Lipinski definition) is 9. The average molecular weight is 1290 g/mol. The molecule has 5 rings (SSSR count). The summed E-state index contributed by atoms with van der Waals surface area (Å²) in [4.78, 5) is 137. The van der Waals surface area contributed by atoms with Crippen LogP contribution < -0.4 is 52.6 Å². The number of carbonyl (C=O) groups is 10. The number of carbonyl (C=O) groups excluding carboxylic acids is 10. The molecule has 0 radical (unpaired) electrons. The van der Waals surface area contributed by atoms with Gasteiger partial charge in [-0.3, -0.25) is 49.0 Å². The third-order valence-electron chi connectivity index (χ3n) is 14.2. The summed E-state index contributed by atoms with van der Waals surface area (Å²) in [5, 5.41) is 23.8. The molecule has 0 saturated carbocycles. The van der Waals surface area contributed by atoms with E-state index in [2.05, 4.69) is 52.8 Å². The minimum Gasteiger partial charge on any atom is -0.494 e. The second kappa shape index (κ2) is 35.4. The number of hydrogen-bond acceptors (Lipinski definition) is 15. The van der Waals surface area contributed by atoms with Crippen LogP contribution in [-0.4, -0.2) is 150 Å². The summed E-state index contributed by atoms with van der Waals surface area (Å²) < 4.78 is 22.6. The maximum absolute atomic E-state index is 13.7. The zero-order valence-corrected chi connectivity index (χ0v) is 55.3. The Morgan fingerprint density at radius 3 is 1.76 bits per heavy atom. The van der Waals surface area contributed by atoms with E-state index in [-0.39, 0.29) is 73.5 Å². The van der Waals surface area contributed by atoms with Gasteiger partial charge in [0.2, 0.25) is 47.3 Å². The SMILES string of the molecule is C[C@@H]1CCCN1C(=O)[C@H](Cc1ccccc1)NC(=O)CNC(=O)[C@H](Cc1ccccc1)NC(=O)CCC(C)(C)OCCC(C)(C)NC(=O)CCCOc1ccc(NC(=O)CNC(=O)CNC(=O)c2cccc(N=C(NC(=O)OC(C)(C)C)NC(=O)OC(C)(C)C)c2)cc1. The van der Waals surface area contributed by atoms with Crippen LogP contribution in [0, 0.1) is 0 Å². The van der Waals surface area contributed by atoms with Crippen molar-refractivity contribution in [3.63, 3.8) is 0 Å². The van der Waals surface area contributed by atoms with Crippen molar-refractivity contribution in [1.82, 2.24) is 47.4 Å². The lowest BCUT2D eigenvalue weighted by atomic mass is 9.99. The highest BCUT2D eigenvalue weighted by atomic mass is 16.6. The number of amides is 10. The van der Waals surface area contributed by atoms with Crippen LogP contribution in [0.3, 0.4) is 0 Å². The van der Waals surface area contributed by atoms with Gasteiger partial charge in [0.25, 0.3) is 5.91 Å². The summed E-state index contributed by atoms with van der Waals surface area (Å²) >= 11 is 0. The third-order valence-corrected chi connectivity index (χ3v) is 14.2. The molecule has 1 saturated heterocycles. The van der Waals surface area contributed by atoms with Crippen LogP contribution in [0.25, 0.3) is 0 Å². The first-order valence-corrected chi connectivity index (χ1v) is 31.3. The Kier molecular flexibility index (Phi) is 28.3. The molecule has 0 spiro atoms. The second-order valence-electron chi connectivity index (χ2n) is 25.9. The van der Waals surface area contributed by atoms with Gasteiger partial charge >= 0.3 is 12.2 Å². The first kappa shape index (κ1) is 74.3. The van der Waals surface area contributed by atoms with E-state index < -0.39 is 95.8 Å². The van der Waals surface area contributed by atoms with Gasteiger partial charge in [-0.15, -0.1) is 0 Å². The minimum atomic E-state index is -0.993. The fraction of sp³-hybridized carbons (Fsp3) is 0.485. The molecular formula is C68H93N11O14. The van der Waals surface area contributed by atoms with Crippen LogP contribution >= 0.6 is 0 Å². The van der Waals surface area contributed by atoms with Crippen molar-refractivity contribution >= 4 is 76.8 Å². The lowest BCUT2D eigenvalue weighted by Crippen LogP contribution is -2.54. The molecule has 504 valence electrons. The molecular weight excluding hydrogens is 1190 g/mol. The van der Waals surface area contributed by atoms with Gasteiger partial charge in [-0.05, 0) is 162 Å². The Morgan fingerprint density at radius 2 is 1.17 bits per heavy atom. The molecule has 25 nitrogen and oxygen atoms in total. The van der Waals surface area contributed by atoms with Gasteiger partial charge in [0.15, 0.2) is 0 Å². The van der Waals surface area contributed by atoms with Gasteiger partial charge in [-0.2, -0.15) is 0 Å².